The van der Waals surface area contributed by atoms with E-state index in [1.165, 1.54) is 12.8 Å². The van der Waals surface area contributed by atoms with Crippen LogP contribution >= 0.6 is 0 Å². The topological polar surface area (TPSA) is 18.5 Å². The number of rotatable bonds is 0. The van der Waals surface area contributed by atoms with Gasteiger partial charge in [-0.05, 0) is 18.3 Å². The number of ether oxygens (including phenoxy) is 2. The lowest BCUT2D eigenvalue weighted by Gasteiger charge is -2.49. The summed E-state index contributed by atoms with van der Waals surface area (Å²) in [5, 5.41) is 0. The second-order valence-electron chi connectivity index (χ2n) is 4.31. The smallest absolute Gasteiger partial charge is 0.147 e. The largest absolute Gasteiger partial charge is 0.352 e. The van der Waals surface area contributed by atoms with Gasteiger partial charge in [-0.25, -0.2) is 0 Å². The molecule has 0 amide bonds. The molecule has 0 aromatic carbocycles. The zero-order valence-electron chi connectivity index (χ0n) is 6.64. The van der Waals surface area contributed by atoms with Gasteiger partial charge in [0.05, 0.1) is 12.2 Å². The van der Waals surface area contributed by atoms with E-state index in [2.05, 4.69) is 13.8 Å². The molecule has 1 heterocycles. The maximum absolute atomic E-state index is 5.49. The lowest BCUT2D eigenvalue weighted by molar-refractivity contribution is -0.119. The maximum atomic E-state index is 5.49. The van der Waals surface area contributed by atoms with Crippen molar-refractivity contribution >= 4 is 0 Å². The second-order valence-corrected chi connectivity index (χ2v) is 4.31. The van der Waals surface area contributed by atoms with E-state index in [1.54, 1.807) is 0 Å². The van der Waals surface area contributed by atoms with Crippen molar-refractivity contribution in [1.82, 2.24) is 0 Å². The molecule has 0 unspecified atom stereocenters. The van der Waals surface area contributed by atoms with Crippen molar-refractivity contribution in [3.63, 3.8) is 0 Å². The fourth-order valence-electron chi connectivity index (χ4n) is 2.33. The quantitative estimate of drug-likeness (QED) is 0.511. The minimum Gasteiger partial charge on any atom is -0.352 e. The average molecular weight is 142 g/mol. The van der Waals surface area contributed by atoms with E-state index in [0.29, 0.717) is 12.2 Å². The molecular weight excluding hydrogens is 128 g/mol. The molecule has 1 saturated heterocycles. The molecule has 0 aromatic heterocycles. The molecule has 0 aromatic rings. The Bertz CT molecular complexity index is 135. The normalized spacial score (nSPS) is 34.2. The van der Waals surface area contributed by atoms with Crippen molar-refractivity contribution < 1.29 is 9.47 Å². The SMILES string of the molecule is CC1(C)CC2(COCO2)C1. The van der Waals surface area contributed by atoms with E-state index in [0.717, 1.165) is 6.61 Å². The van der Waals surface area contributed by atoms with E-state index in [-0.39, 0.29) is 5.60 Å². The van der Waals surface area contributed by atoms with E-state index >= 15 is 0 Å². The van der Waals surface area contributed by atoms with Gasteiger partial charge >= 0.3 is 0 Å². The minimum absolute atomic E-state index is 0.128. The van der Waals surface area contributed by atoms with E-state index < -0.39 is 0 Å². The van der Waals surface area contributed by atoms with Crippen LogP contribution in [0.15, 0.2) is 0 Å². The van der Waals surface area contributed by atoms with Gasteiger partial charge < -0.3 is 9.47 Å². The Hall–Kier alpha value is -0.0800. The predicted molar refractivity (Wildman–Crippen MR) is 37.6 cm³/mol. The summed E-state index contributed by atoms with van der Waals surface area (Å²) < 4.78 is 10.7. The number of hydrogen-bond acceptors (Lipinski definition) is 2. The standard InChI is InChI=1S/C8H14O2/c1-7(2)3-8(4-7)5-9-6-10-8/h3-6H2,1-2H3. The zero-order chi connectivity index (χ0) is 7.24. The first-order valence-corrected chi connectivity index (χ1v) is 3.84. The van der Waals surface area contributed by atoms with Gasteiger partial charge in [-0.3, -0.25) is 0 Å². The van der Waals surface area contributed by atoms with Crippen molar-refractivity contribution in [1.29, 1.82) is 0 Å². The van der Waals surface area contributed by atoms with Gasteiger partial charge in [-0.1, -0.05) is 13.8 Å². The molecule has 1 spiro atoms. The molecule has 2 rings (SSSR count). The van der Waals surface area contributed by atoms with Gasteiger partial charge in [0.2, 0.25) is 0 Å². The van der Waals surface area contributed by atoms with Crippen LogP contribution in [0.5, 0.6) is 0 Å². The van der Waals surface area contributed by atoms with Crippen LogP contribution in [-0.4, -0.2) is 19.0 Å². The van der Waals surface area contributed by atoms with Gasteiger partial charge in [0.1, 0.15) is 6.79 Å². The van der Waals surface area contributed by atoms with Crippen LogP contribution in [-0.2, 0) is 9.47 Å². The van der Waals surface area contributed by atoms with E-state index in [1.807, 2.05) is 0 Å². The Kier molecular flexibility index (Phi) is 1.15. The van der Waals surface area contributed by atoms with Gasteiger partial charge in [0.25, 0.3) is 0 Å². The Morgan fingerprint density at radius 1 is 1.20 bits per heavy atom. The molecule has 2 heteroatoms. The molecule has 2 fully saturated rings. The minimum atomic E-state index is 0.128. The summed E-state index contributed by atoms with van der Waals surface area (Å²) in [4.78, 5) is 0. The van der Waals surface area contributed by atoms with Crippen molar-refractivity contribution in [2.24, 2.45) is 5.41 Å². The number of hydrogen-bond donors (Lipinski definition) is 0. The molecule has 58 valence electrons. The third kappa shape index (κ3) is 0.867. The lowest BCUT2D eigenvalue weighted by Crippen LogP contribution is -2.50. The first-order valence-electron chi connectivity index (χ1n) is 3.84. The maximum Gasteiger partial charge on any atom is 0.147 e. The molecule has 0 atom stereocenters. The zero-order valence-corrected chi connectivity index (χ0v) is 6.64. The first kappa shape index (κ1) is 6.62. The van der Waals surface area contributed by atoms with Gasteiger partial charge in [-0.15, -0.1) is 0 Å². The van der Waals surface area contributed by atoms with Crippen molar-refractivity contribution in [3.8, 4) is 0 Å². The van der Waals surface area contributed by atoms with E-state index in [4.69, 9.17) is 9.47 Å². The van der Waals surface area contributed by atoms with Crippen LogP contribution in [0.1, 0.15) is 26.7 Å². The Balaban J connectivity index is 1.98. The first-order chi connectivity index (χ1) is 4.62. The van der Waals surface area contributed by atoms with Crippen LogP contribution in [0.25, 0.3) is 0 Å². The Morgan fingerprint density at radius 2 is 1.90 bits per heavy atom. The summed E-state index contributed by atoms with van der Waals surface area (Å²) in [6, 6.07) is 0. The molecule has 0 bridgehead atoms. The molecule has 0 N–H and O–H groups in total. The lowest BCUT2D eigenvalue weighted by atomic mass is 9.62. The van der Waals surface area contributed by atoms with Crippen LogP contribution < -0.4 is 0 Å². The molecule has 2 aliphatic rings. The fourth-order valence-corrected chi connectivity index (χ4v) is 2.33. The molecule has 1 saturated carbocycles. The Morgan fingerprint density at radius 3 is 2.30 bits per heavy atom. The van der Waals surface area contributed by atoms with Gasteiger partial charge in [0, 0.05) is 0 Å². The highest BCUT2D eigenvalue weighted by Crippen LogP contribution is 2.51. The van der Waals surface area contributed by atoms with E-state index in [9.17, 15) is 0 Å². The van der Waals surface area contributed by atoms with Crippen molar-refractivity contribution in [2.45, 2.75) is 32.3 Å². The molecule has 10 heavy (non-hydrogen) atoms. The summed E-state index contributed by atoms with van der Waals surface area (Å²) >= 11 is 0. The van der Waals surface area contributed by atoms with Crippen LogP contribution in [0.4, 0.5) is 0 Å². The molecular formula is C8H14O2. The molecule has 1 aliphatic heterocycles. The summed E-state index contributed by atoms with van der Waals surface area (Å²) in [5.74, 6) is 0. The molecule has 0 radical (unpaired) electrons. The van der Waals surface area contributed by atoms with Crippen LogP contribution in [0.2, 0.25) is 0 Å². The van der Waals surface area contributed by atoms with Gasteiger partial charge in [-0.2, -0.15) is 0 Å². The van der Waals surface area contributed by atoms with Crippen molar-refractivity contribution in [3.05, 3.63) is 0 Å². The highest BCUT2D eigenvalue weighted by Gasteiger charge is 2.52. The monoisotopic (exact) mass is 142 g/mol. The third-order valence-corrected chi connectivity index (χ3v) is 2.42. The van der Waals surface area contributed by atoms with Crippen molar-refractivity contribution in [2.75, 3.05) is 13.4 Å². The highest BCUT2D eigenvalue weighted by atomic mass is 16.7. The van der Waals surface area contributed by atoms with Crippen LogP contribution in [0.3, 0.4) is 0 Å². The predicted octanol–water partition coefficient (Wildman–Crippen LogP) is 1.55. The summed E-state index contributed by atoms with van der Waals surface area (Å²) in [6.07, 6.45) is 2.33. The third-order valence-electron chi connectivity index (χ3n) is 2.42. The molecule has 1 aliphatic carbocycles. The Labute approximate surface area is 61.5 Å². The van der Waals surface area contributed by atoms with Gasteiger partial charge in [0.15, 0.2) is 0 Å². The average Bonchev–Trinajstić information content (AvgIpc) is 2.10. The fraction of sp³-hybridized carbons (Fsp3) is 1.00. The summed E-state index contributed by atoms with van der Waals surface area (Å²) in [7, 11) is 0. The summed E-state index contributed by atoms with van der Waals surface area (Å²) in [5.41, 5.74) is 0.622. The highest BCUT2D eigenvalue weighted by molar-refractivity contribution is 5.02. The van der Waals surface area contributed by atoms with Crippen LogP contribution in [0, 0.1) is 5.41 Å². The summed E-state index contributed by atoms with van der Waals surface area (Å²) in [6.45, 7) is 5.88. The second kappa shape index (κ2) is 1.74. The molecule has 2 nitrogen and oxygen atoms in total.